The third-order valence-electron chi connectivity index (χ3n) is 3.38. The highest BCUT2D eigenvalue weighted by Gasteiger charge is 2.15. The van der Waals surface area contributed by atoms with Crippen LogP contribution in [0, 0.1) is 11.3 Å². The van der Waals surface area contributed by atoms with E-state index in [1.54, 1.807) is 23.1 Å². The Balaban J connectivity index is 2.20. The van der Waals surface area contributed by atoms with Crippen molar-refractivity contribution in [1.82, 2.24) is 4.90 Å². The topological polar surface area (TPSA) is 87.2 Å². The smallest absolute Gasteiger partial charge is 0.248 e. The zero-order valence-electron chi connectivity index (χ0n) is 12.6. The van der Waals surface area contributed by atoms with E-state index >= 15 is 0 Å². The summed E-state index contributed by atoms with van der Waals surface area (Å²) < 4.78 is 0. The van der Waals surface area contributed by atoms with Crippen molar-refractivity contribution in [3.8, 4) is 6.07 Å². The second-order valence-electron chi connectivity index (χ2n) is 5.13. The second-order valence-corrected chi connectivity index (χ2v) is 5.13. The normalized spacial score (nSPS) is 9.87. The van der Waals surface area contributed by atoms with Gasteiger partial charge in [0.2, 0.25) is 11.8 Å². The molecule has 0 saturated carbocycles. The average molecular weight is 307 g/mol. The molecular weight excluding hydrogens is 290 g/mol. The molecule has 5 heteroatoms. The van der Waals surface area contributed by atoms with E-state index in [0.717, 1.165) is 11.1 Å². The molecule has 2 rings (SSSR count). The van der Waals surface area contributed by atoms with Crippen molar-refractivity contribution in [2.75, 3.05) is 0 Å². The Hall–Kier alpha value is -3.13. The summed E-state index contributed by atoms with van der Waals surface area (Å²) in [6, 6.07) is 18.3. The molecule has 0 aliphatic heterocycles. The highest BCUT2D eigenvalue weighted by atomic mass is 16.2. The molecule has 5 nitrogen and oxygen atoms in total. The fraction of sp³-hybridized carbons (Fsp3) is 0.167. The van der Waals surface area contributed by atoms with E-state index in [2.05, 4.69) is 0 Å². The van der Waals surface area contributed by atoms with Crippen LogP contribution in [0.3, 0.4) is 0 Å². The number of nitrogens with zero attached hydrogens (tertiary/aromatic N) is 2. The van der Waals surface area contributed by atoms with Gasteiger partial charge in [0.1, 0.15) is 6.42 Å². The maximum atomic E-state index is 12.2. The lowest BCUT2D eigenvalue weighted by Gasteiger charge is -2.22. The summed E-state index contributed by atoms with van der Waals surface area (Å²) in [4.78, 5) is 25.0. The van der Waals surface area contributed by atoms with Crippen LogP contribution < -0.4 is 5.73 Å². The number of nitriles is 1. The standard InChI is InChI=1S/C18H17N3O2/c19-10-9-17(22)21(12-14-5-2-1-3-6-14)13-15-7-4-8-16(11-15)18(20)23/h1-8,11H,9,12-13H2,(H2,20,23). The van der Waals surface area contributed by atoms with Crippen molar-refractivity contribution in [1.29, 1.82) is 5.26 Å². The number of amides is 2. The second kappa shape index (κ2) is 7.76. The van der Waals surface area contributed by atoms with Crippen LogP contribution in [0.1, 0.15) is 27.9 Å². The van der Waals surface area contributed by atoms with Crippen LogP contribution in [0.2, 0.25) is 0 Å². The Morgan fingerprint density at radius 2 is 1.65 bits per heavy atom. The number of benzene rings is 2. The largest absolute Gasteiger partial charge is 0.366 e. The third kappa shape index (κ3) is 4.68. The van der Waals surface area contributed by atoms with E-state index in [4.69, 9.17) is 11.0 Å². The van der Waals surface area contributed by atoms with Crippen LogP contribution in [0.5, 0.6) is 0 Å². The first kappa shape index (κ1) is 16.2. The quantitative estimate of drug-likeness (QED) is 0.887. The molecule has 116 valence electrons. The molecule has 0 spiro atoms. The highest BCUT2D eigenvalue weighted by molar-refractivity contribution is 5.92. The van der Waals surface area contributed by atoms with E-state index < -0.39 is 5.91 Å². The first-order chi connectivity index (χ1) is 11.1. The van der Waals surface area contributed by atoms with Crippen LogP contribution in [-0.4, -0.2) is 16.7 Å². The van der Waals surface area contributed by atoms with Gasteiger partial charge in [-0.25, -0.2) is 0 Å². The van der Waals surface area contributed by atoms with Crippen molar-refractivity contribution in [2.45, 2.75) is 19.5 Å². The first-order valence-electron chi connectivity index (χ1n) is 7.17. The summed E-state index contributed by atoms with van der Waals surface area (Å²) in [7, 11) is 0. The van der Waals surface area contributed by atoms with Crippen LogP contribution in [-0.2, 0) is 17.9 Å². The Kier molecular flexibility index (Phi) is 5.48. The van der Waals surface area contributed by atoms with Gasteiger partial charge in [-0.1, -0.05) is 42.5 Å². The lowest BCUT2D eigenvalue weighted by molar-refractivity contribution is -0.131. The summed E-state index contributed by atoms with van der Waals surface area (Å²) in [5, 5.41) is 8.78. The molecule has 0 radical (unpaired) electrons. The van der Waals surface area contributed by atoms with Gasteiger partial charge in [0.05, 0.1) is 6.07 Å². The summed E-state index contributed by atoms with van der Waals surface area (Å²) in [5.41, 5.74) is 7.45. The van der Waals surface area contributed by atoms with Gasteiger partial charge >= 0.3 is 0 Å². The van der Waals surface area contributed by atoms with E-state index in [9.17, 15) is 9.59 Å². The molecule has 2 amide bonds. The van der Waals surface area contributed by atoms with Crippen LogP contribution in [0.4, 0.5) is 0 Å². The van der Waals surface area contributed by atoms with E-state index in [0.29, 0.717) is 18.7 Å². The van der Waals surface area contributed by atoms with E-state index in [1.165, 1.54) is 0 Å². The molecule has 2 aromatic rings. The Morgan fingerprint density at radius 1 is 1.00 bits per heavy atom. The number of nitrogens with two attached hydrogens (primary N) is 1. The summed E-state index contributed by atoms with van der Waals surface area (Å²) >= 11 is 0. The van der Waals surface area contributed by atoms with Crippen molar-refractivity contribution in [3.05, 3.63) is 71.3 Å². The number of rotatable bonds is 6. The predicted octanol–water partition coefficient (Wildman–Crippen LogP) is 2.23. The van der Waals surface area contributed by atoms with Crippen LogP contribution >= 0.6 is 0 Å². The Morgan fingerprint density at radius 3 is 2.30 bits per heavy atom. The third-order valence-corrected chi connectivity index (χ3v) is 3.38. The fourth-order valence-electron chi connectivity index (χ4n) is 2.26. The molecule has 0 aliphatic carbocycles. The minimum atomic E-state index is -0.509. The first-order valence-corrected chi connectivity index (χ1v) is 7.17. The molecule has 0 bridgehead atoms. The zero-order chi connectivity index (χ0) is 16.7. The van der Waals surface area contributed by atoms with Gasteiger partial charge in [0.25, 0.3) is 0 Å². The van der Waals surface area contributed by atoms with Crippen molar-refractivity contribution in [3.63, 3.8) is 0 Å². The van der Waals surface area contributed by atoms with E-state index in [1.807, 2.05) is 42.5 Å². The molecule has 0 heterocycles. The maximum Gasteiger partial charge on any atom is 0.248 e. The molecule has 2 aromatic carbocycles. The minimum absolute atomic E-state index is 0.178. The summed E-state index contributed by atoms with van der Waals surface area (Å²) in [6.45, 7) is 0.721. The number of hydrogen-bond donors (Lipinski definition) is 1. The molecule has 0 aromatic heterocycles. The predicted molar refractivity (Wildman–Crippen MR) is 85.9 cm³/mol. The Bertz CT molecular complexity index is 735. The van der Waals surface area contributed by atoms with Crippen LogP contribution in [0.15, 0.2) is 54.6 Å². The lowest BCUT2D eigenvalue weighted by Crippen LogP contribution is -2.29. The zero-order valence-corrected chi connectivity index (χ0v) is 12.6. The molecule has 0 unspecified atom stereocenters. The summed E-state index contributed by atoms with van der Waals surface area (Å²) in [5.74, 6) is -0.759. The number of carbonyl (C=O) groups excluding carboxylic acids is 2. The van der Waals surface area contributed by atoms with E-state index in [-0.39, 0.29) is 12.3 Å². The van der Waals surface area contributed by atoms with Crippen LogP contribution in [0.25, 0.3) is 0 Å². The minimum Gasteiger partial charge on any atom is -0.366 e. The SMILES string of the molecule is N#CCC(=O)N(Cc1ccccc1)Cc1cccc(C(N)=O)c1. The van der Waals surface area contributed by atoms with Crippen molar-refractivity contribution >= 4 is 11.8 Å². The van der Waals surface area contributed by atoms with Gasteiger partial charge in [-0.15, -0.1) is 0 Å². The van der Waals surface area contributed by atoms with Crippen molar-refractivity contribution < 1.29 is 9.59 Å². The summed E-state index contributed by atoms with van der Waals surface area (Å²) in [6.07, 6.45) is -0.178. The van der Waals surface area contributed by atoms with Gasteiger partial charge in [-0.2, -0.15) is 5.26 Å². The number of carbonyl (C=O) groups is 2. The molecule has 0 fully saturated rings. The fourth-order valence-corrected chi connectivity index (χ4v) is 2.26. The molecule has 0 atom stereocenters. The number of primary amides is 1. The molecule has 0 saturated heterocycles. The highest BCUT2D eigenvalue weighted by Crippen LogP contribution is 2.13. The molecule has 0 aliphatic rings. The molecule has 23 heavy (non-hydrogen) atoms. The number of hydrogen-bond acceptors (Lipinski definition) is 3. The average Bonchev–Trinajstić information content (AvgIpc) is 2.55. The maximum absolute atomic E-state index is 12.2. The van der Waals surface area contributed by atoms with Gasteiger partial charge in [-0.05, 0) is 23.3 Å². The lowest BCUT2D eigenvalue weighted by atomic mass is 10.1. The molecule has 2 N–H and O–H groups in total. The van der Waals surface area contributed by atoms with Gasteiger partial charge < -0.3 is 10.6 Å². The van der Waals surface area contributed by atoms with Gasteiger partial charge in [-0.3, -0.25) is 9.59 Å². The van der Waals surface area contributed by atoms with Gasteiger partial charge in [0, 0.05) is 18.7 Å². The Labute approximate surface area is 134 Å². The van der Waals surface area contributed by atoms with Crippen molar-refractivity contribution in [2.24, 2.45) is 5.73 Å². The molecular formula is C18H17N3O2. The monoisotopic (exact) mass is 307 g/mol. The van der Waals surface area contributed by atoms with Gasteiger partial charge in [0.15, 0.2) is 0 Å².